The molecule has 0 radical (unpaired) electrons. The third-order valence-electron chi connectivity index (χ3n) is 4.56. The topological polar surface area (TPSA) is 143 Å². The Bertz CT molecular complexity index is 1150. The van der Waals surface area contributed by atoms with Crippen molar-refractivity contribution in [2.45, 2.75) is 45.6 Å². The Labute approximate surface area is 199 Å². The number of rotatable bonds is 9. The molecule has 0 aliphatic carbocycles. The van der Waals surface area contributed by atoms with Crippen LogP contribution in [0.5, 0.6) is 0 Å². The molecule has 2 aromatic rings. The number of halogens is 3. The van der Waals surface area contributed by atoms with Gasteiger partial charge in [0.25, 0.3) is 0 Å². The molecule has 0 fully saturated rings. The molecular weight excluding hydrogens is 467 g/mol. The number of carbonyl (C=O) groups excluding carboxylic acids is 2. The lowest BCUT2D eigenvalue weighted by molar-refractivity contribution is -0.116. The zero-order valence-corrected chi connectivity index (χ0v) is 19.5. The van der Waals surface area contributed by atoms with E-state index in [0.29, 0.717) is 0 Å². The molecule has 0 saturated carbocycles. The molecule has 35 heavy (non-hydrogen) atoms. The van der Waals surface area contributed by atoms with Crippen molar-refractivity contribution in [2.75, 3.05) is 11.9 Å². The summed E-state index contributed by atoms with van der Waals surface area (Å²) in [6, 6.07) is 1.59. The van der Waals surface area contributed by atoms with E-state index in [9.17, 15) is 27.9 Å². The van der Waals surface area contributed by atoms with Gasteiger partial charge in [0, 0.05) is 42.9 Å². The predicted octanol–water partition coefficient (Wildman–Crippen LogP) is 2.05. The smallest absolute Gasteiger partial charge is 0.435 e. The first-order valence-corrected chi connectivity index (χ1v) is 10.6. The highest BCUT2D eigenvalue weighted by Gasteiger charge is 2.28. The maximum Gasteiger partial charge on any atom is 0.435 e. The number of aliphatic hydroxyl groups is 1. The van der Waals surface area contributed by atoms with Crippen LogP contribution in [0.3, 0.4) is 0 Å². The summed E-state index contributed by atoms with van der Waals surface area (Å²) < 4.78 is 46.2. The normalized spacial score (nSPS) is 11.8. The van der Waals surface area contributed by atoms with Crippen LogP contribution in [0.25, 0.3) is 5.57 Å². The minimum Gasteiger partial charge on any atom is -0.442 e. The maximum absolute atomic E-state index is 13.4. The van der Waals surface area contributed by atoms with Gasteiger partial charge in [0.15, 0.2) is 29.5 Å². The second-order valence-electron chi connectivity index (χ2n) is 8.42. The monoisotopic (exact) mass is 494 g/mol. The number of aryl methyl sites for hydroxylation is 1. The minimum absolute atomic E-state index is 0.0438. The Balaban J connectivity index is 2.42. The van der Waals surface area contributed by atoms with E-state index in [-0.39, 0.29) is 54.1 Å². The highest BCUT2D eigenvalue weighted by molar-refractivity contribution is 6.13. The number of nitrogens with one attached hydrogen (secondary N) is 2. The van der Waals surface area contributed by atoms with E-state index in [1.54, 1.807) is 20.8 Å². The summed E-state index contributed by atoms with van der Waals surface area (Å²) in [6.07, 6.45) is 2.12. The second-order valence-corrected chi connectivity index (χ2v) is 8.42. The first-order valence-electron chi connectivity index (χ1n) is 10.6. The molecular formula is C23H27F3N5O4+. The van der Waals surface area contributed by atoms with Gasteiger partial charge in [0.1, 0.15) is 5.60 Å². The Hall–Kier alpha value is -3.80. The Kier molecular flexibility index (Phi) is 9.06. The van der Waals surface area contributed by atoms with Crippen molar-refractivity contribution < 1.29 is 38.0 Å². The summed E-state index contributed by atoms with van der Waals surface area (Å²) >= 11 is 0. The van der Waals surface area contributed by atoms with Crippen LogP contribution in [-0.4, -0.2) is 51.5 Å². The lowest BCUT2D eigenvalue weighted by Gasteiger charge is -2.19. The largest absolute Gasteiger partial charge is 0.442 e. The average molecular weight is 494 g/mol. The van der Waals surface area contributed by atoms with E-state index >= 15 is 0 Å². The highest BCUT2D eigenvalue weighted by Crippen LogP contribution is 2.27. The van der Waals surface area contributed by atoms with Crippen molar-refractivity contribution >= 4 is 35.8 Å². The number of nitrogens with zero attached hydrogens (tertiary/aromatic N) is 2. The third kappa shape index (κ3) is 7.09. The molecule has 1 heterocycles. The molecule has 0 bridgehead atoms. The number of aromatic nitrogens is 2. The average Bonchev–Trinajstić information content (AvgIpc) is 3.11. The number of ether oxygens (including phenoxy) is 1. The molecule has 5 N–H and O–H groups in total. The summed E-state index contributed by atoms with van der Waals surface area (Å²) in [7, 11) is 0. The van der Waals surface area contributed by atoms with Gasteiger partial charge >= 0.3 is 6.09 Å². The zero-order chi connectivity index (χ0) is 26.3. The first-order chi connectivity index (χ1) is 16.4. The first kappa shape index (κ1) is 27.4. The Morgan fingerprint density at radius 3 is 2.37 bits per heavy atom. The van der Waals surface area contributed by atoms with Gasteiger partial charge < -0.3 is 20.6 Å². The van der Waals surface area contributed by atoms with Gasteiger partial charge in [0.05, 0.1) is 5.69 Å². The van der Waals surface area contributed by atoms with Crippen molar-refractivity contribution in [3.63, 3.8) is 0 Å². The van der Waals surface area contributed by atoms with Crippen LogP contribution in [0, 0.1) is 22.9 Å². The number of aliphatic hydroxyl groups excluding tert-OH is 1. The van der Waals surface area contributed by atoms with Crippen LogP contribution in [0.4, 0.5) is 23.8 Å². The van der Waals surface area contributed by atoms with E-state index in [1.807, 2.05) is 0 Å². The lowest BCUT2D eigenvalue weighted by Crippen LogP contribution is -2.30. The molecule has 9 nitrogen and oxygen atoms in total. The highest BCUT2D eigenvalue weighted by atomic mass is 19.2. The fraction of sp³-hybridized carbons (Fsp3) is 0.348. The fourth-order valence-corrected chi connectivity index (χ4v) is 3.14. The molecule has 0 saturated heterocycles. The van der Waals surface area contributed by atoms with Crippen LogP contribution in [-0.2, 0) is 22.4 Å². The number of carbonyl (C=O) groups is 2. The lowest BCUT2D eigenvalue weighted by atomic mass is 10.1. The molecule has 12 heteroatoms. The molecule has 0 unspecified atom stereocenters. The van der Waals surface area contributed by atoms with Crippen LogP contribution >= 0.6 is 0 Å². The molecule has 188 valence electrons. The van der Waals surface area contributed by atoms with Gasteiger partial charge in [-0.1, -0.05) is 0 Å². The van der Waals surface area contributed by atoms with Crippen molar-refractivity contribution in [1.29, 1.82) is 5.41 Å². The van der Waals surface area contributed by atoms with Gasteiger partial charge in [-0.2, -0.15) is 4.68 Å². The quantitative estimate of drug-likeness (QED) is 0.312. The molecule has 0 spiro atoms. The van der Waals surface area contributed by atoms with Crippen LogP contribution in [0.15, 0.2) is 18.2 Å². The van der Waals surface area contributed by atoms with Gasteiger partial charge in [-0.3, -0.25) is 10.2 Å². The maximum atomic E-state index is 13.4. The summed E-state index contributed by atoms with van der Waals surface area (Å²) in [5.41, 5.74) is -0.327. The molecule has 2 rings (SSSR count). The SMILES string of the molecule is CC(C)(C)OC(=O)n1nc(NC(=O)CCc2cc(F)c(F)c(F)c2)c(CCO)c1/C(C=N)=C/C=[NH2+]. The van der Waals surface area contributed by atoms with Gasteiger partial charge in [-0.05, 0) is 44.9 Å². The summed E-state index contributed by atoms with van der Waals surface area (Å²) in [6.45, 7) is 4.57. The van der Waals surface area contributed by atoms with E-state index in [2.05, 4.69) is 10.4 Å². The number of allylic oxidation sites excluding steroid dienone is 2. The number of benzene rings is 1. The third-order valence-corrected chi connectivity index (χ3v) is 4.56. The molecule has 1 aromatic heterocycles. The number of nitrogens with two attached hydrogens (primary N) is 1. The van der Waals surface area contributed by atoms with E-state index < -0.39 is 35.1 Å². The van der Waals surface area contributed by atoms with Gasteiger partial charge in [-0.15, -0.1) is 5.10 Å². The zero-order valence-electron chi connectivity index (χ0n) is 19.5. The number of anilines is 1. The number of hydrogen-bond acceptors (Lipinski definition) is 6. The van der Waals surface area contributed by atoms with E-state index in [4.69, 9.17) is 15.6 Å². The van der Waals surface area contributed by atoms with Gasteiger partial charge in [-0.25, -0.2) is 18.0 Å². The summed E-state index contributed by atoms with van der Waals surface area (Å²) in [5.74, 6) is -5.04. The van der Waals surface area contributed by atoms with Crippen molar-refractivity contribution in [2.24, 2.45) is 0 Å². The number of hydrogen-bond donors (Lipinski definition) is 4. The molecule has 0 aliphatic heterocycles. The summed E-state index contributed by atoms with van der Waals surface area (Å²) in [4.78, 5) is 25.4. The second kappa shape index (κ2) is 11.6. The summed E-state index contributed by atoms with van der Waals surface area (Å²) in [5, 5.41) is 29.4. The van der Waals surface area contributed by atoms with Crippen LogP contribution in [0.2, 0.25) is 0 Å². The van der Waals surface area contributed by atoms with Crippen LogP contribution in [0.1, 0.15) is 44.0 Å². The fourth-order valence-electron chi connectivity index (χ4n) is 3.14. The van der Waals surface area contributed by atoms with E-state index in [0.717, 1.165) is 29.2 Å². The molecule has 1 amide bonds. The Morgan fingerprint density at radius 1 is 1.23 bits per heavy atom. The molecule has 0 atom stereocenters. The molecule has 1 aromatic carbocycles. The van der Waals surface area contributed by atoms with Crippen molar-refractivity contribution in [3.05, 3.63) is 52.5 Å². The van der Waals surface area contributed by atoms with Crippen molar-refractivity contribution in [3.8, 4) is 0 Å². The van der Waals surface area contributed by atoms with Gasteiger partial charge in [0.2, 0.25) is 5.91 Å². The Morgan fingerprint density at radius 2 is 1.86 bits per heavy atom. The number of amides is 1. The molecule has 0 aliphatic rings. The minimum atomic E-state index is -1.60. The van der Waals surface area contributed by atoms with Crippen molar-refractivity contribution in [1.82, 2.24) is 9.78 Å². The van der Waals surface area contributed by atoms with Crippen LogP contribution < -0.4 is 10.7 Å². The standard InChI is InChI=1S/C23H26F3N5O4/c1-23(2,3)35-22(34)31-20(14(12-28)6-8-27)15(7-9-32)21(30-31)29-18(33)5-4-13-10-16(24)19(26)17(25)11-13/h6,8,10-12,27-28,32H,4-5,7,9H2,1-3H3,(H,29,30,33)/p+1/b14-6+,27-8?,28-12?. The van der Waals surface area contributed by atoms with E-state index in [1.165, 1.54) is 6.08 Å². The predicted molar refractivity (Wildman–Crippen MR) is 123 cm³/mol.